The fourth-order valence-electron chi connectivity index (χ4n) is 2.37. The predicted octanol–water partition coefficient (Wildman–Crippen LogP) is 0.890. The molecule has 0 aromatic rings. The fraction of sp³-hybridized carbons (Fsp3) is 0.571. The first kappa shape index (κ1) is 15.4. The Balaban J connectivity index is 3.07. The van der Waals surface area contributed by atoms with Gasteiger partial charge in [0.2, 0.25) is 0 Å². The van der Waals surface area contributed by atoms with Crippen LogP contribution in [0.1, 0.15) is 20.8 Å². The van der Waals surface area contributed by atoms with Gasteiger partial charge in [-0.05, 0) is 32.4 Å². The van der Waals surface area contributed by atoms with Gasteiger partial charge in [-0.2, -0.15) is 0 Å². The summed E-state index contributed by atoms with van der Waals surface area (Å²) >= 11 is 0. The lowest BCUT2D eigenvalue weighted by Crippen LogP contribution is -2.63. The highest BCUT2D eigenvalue weighted by atomic mass is 16.5. The van der Waals surface area contributed by atoms with Crippen LogP contribution in [0, 0.1) is 5.92 Å². The minimum absolute atomic E-state index is 0.190. The van der Waals surface area contributed by atoms with Gasteiger partial charge in [-0.3, -0.25) is 4.79 Å². The number of rotatable bonds is 5. The van der Waals surface area contributed by atoms with Gasteiger partial charge in [-0.25, -0.2) is 4.79 Å². The van der Waals surface area contributed by atoms with Crippen LogP contribution in [-0.2, 0) is 14.3 Å². The number of allylic oxidation sites excluding steroid dienone is 1. The molecule has 1 N–H and O–H groups in total. The van der Waals surface area contributed by atoms with Crippen molar-refractivity contribution < 1.29 is 19.4 Å². The van der Waals surface area contributed by atoms with Gasteiger partial charge in [-0.1, -0.05) is 6.58 Å². The largest absolute Gasteiger partial charge is 0.464 e. The second-order valence-electron chi connectivity index (χ2n) is 4.95. The summed E-state index contributed by atoms with van der Waals surface area (Å²) in [6, 6.07) is -0.540. The standard InChI is InChI=1S/C14H21NO4/c1-6-11(17)13-10(9(4)16)7-15(13)12(8(2)3)14(18)19-5/h6,9-10,13,16H,1,7H2,2-5H3/t9?,10-,13?/m1/s1. The molecular weight excluding hydrogens is 246 g/mol. The highest BCUT2D eigenvalue weighted by Gasteiger charge is 2.47. The van der Waals surface area contributed by atoms with E-state index in [1.54, 1.807) is 25.7 Å². The molecule has 5 heteroatoms. The molecule has 3 atom stereocenters. The number of hydrogen-bond acceptors (Lipinski definition) is 5. The summed E-state index contributed by atoms with van der Waals surface area (Å²) in [4.78, 5) is 25.4. The van der Waals surface area contributed by atoms with Crippen LogP contribution < -0.4 is 0 Å². The first-order valence-electron chi connectivity index (χ1n) is 6.21. The van der Waals surface area contributed by atoms with Crippen molar-refractivity contribution in [1.82, 2.24) is 4.90 Å². The molecule has 0 aliphatic carbocycles. The van der Waals surface area contributed by atoms with Gasteiger partial charge >= 0.3 is 5.97 Å². The monoisotopic (exact) mass is 267 g/mol. The van der Waals surface area contributed by atoms with E-state index in [-0.39, 0.29) is 11.7 Å². The van der Waals surface area contributed by atoms with Crippen LogP contribution in [0.4, 0.5) is 0 Å². The SMILES string of the molecule is C=CC(=O)C1[C@@H](C(C)O)CN1C(C(=O)OC)=C(C)C. The van der Waals surface area contributed by atoms with E-state index in [4.69, 9.17) is 4.74 Å². The minimum Gasteiger partial charge on any atom is -0.464 e. The van der Waals surface area contributed by atoms with Crippen LogP contribution in [-0.4, -0.2) is 47.6 Å². The lowest BCUT2D eigenvalue weighted by molar-refractivity contribution is -0.144. The van der Waals surface area contributed by atoms with Crippen LogP contribution in [0.25, 0.3) is 0 Å². The van der Waals surface area contributed by atoms with Gasteiger partial charge in [-0.15, -0.1) is 0 Å². The number of aliphatic hydroxyl groups excluding tert-OH is 1. The van der Waals surface area contributed by atoms with Crippen molar-refractivity contribution in [1.29, 1.82) is 0 Å². The first-order chi connectivity index (χ1) is 8.84. The molecule has 0 spiro atoms. The molecule has 0 aromatic carbocycles. The Morgan fingerprint density at radius 3 is 2.42 bits per heavy atom. The number of carbonyl (C=O) groups excluding carboxylic acids is 2. The Kier molecular flexibility index (Phi) is 4.89. The number of ketones is 1. The Labute approximate surface area is 113 Å². The van der Waals surface area contributed by atoms with Crippen molar-refractivity contribution >= 4 is 11.8 Å². The van der Waals surface area contributed by atoms with Crippen molar-refractivity contribution in [2.45, 2.75) is 32.9 Å². The Morgan fingerprint density at radius 1 is 1.47 bits per heavy atom. The molecule has 1 heterocycles. The van der Waals surface area contributed by atoms with Crippen LogP contribution >= 0.6 is 0 Å². The molecule has 0 amide bonds. The van der Waals surface area contributed by atoms with E-state index in [1.807, 2.05) is 0 Å². The molecule has 0 radical (unpaired) electrons. The summed E-state index contributed by atoms with van der Waals surface area (Å²) in [7, 11) is 1.31. The van der Waals surface area contributed by atoms with Crippen LogP contribution in [0.2, 0.25) is 0 Å². The van der Waals surface area contributed by atoms with E-state index in [0.717, 1.165) is 5.57 Å². The quantitative estimate of drug-likeness (QED) is 0.592. The van der Waals surface area contributed by atoms with E-state index in [2.05, 4.69) is 6.58 Å². The van der Waals surface area contributed by atoms with Crippen LogP contribution in [0.5, 0.6) is 0 Å². The molecular formula is C14H21NO4. The van der Waals surface area contributed by atoms with E-state index in [0.29, 0.717) is 12.2 Å². The number of likely N-dealkylation sites (tertiary alicyclic amines) is 1. The third-order valence-corrected chi connectivity index (χ3v) is 3.40. The summed E-state index contributed by atoms with van der Waals surface area (Å²) in [6.07, 6.45) is 0.618. The molecule has 1 saturated heterocycles. The maximum atomic E-state index is 11.9. The molecule has 0 aromatic heterocycles. The van der Waals surface area contributed by atoms with E-state index < -0.39 is 18.1 Å². The third-order valence-electron chi connectivity index (χ3n) is 3.40. The highest BCUT2D eigenvalue weighted by molar-refractivity contribution is 5.97. The maximum Gasteiger partial charge on any atom is 0.354 e. The molecule has 5 nitrogen and oxygen atoms in total. The second kappa shape index (κ2) is 6.02. The van der Waals surface area contributed by atoms with Crippen molar-refractivity contribution in [3.8, 4) is 0 Å². The highest BCUT2D eigenvalue weighted by Crippen LogP contribution is 2.34. The molecule has 0 saturated carbocycles. The van der Waals surface area contributed by atoms with Gasteiger partial charge in [0.05, 0.1) is 19.3 Å². The van der Waals surface area contributed by atoms with Crippen molar-refractivity contribution in [2.24, 2.45) is 5.92 Å². The molecule has 19 heavy (non-hydrogen) atoms. The topological polar surface area (TPSA) is 66.8 Å². The lowest BCUT2D eigenvalue weighted by Gasteiger charge is -2.50. The number of ether oxygens (including phenoxy) is 1. The summed E-state index contributed by atoms with van der Waals surface area (Å²) in [5.74, 6) is -0.852. The number of carbonyl (C=O) groups is 2. The fourth-order valence-corrected chi connectivity index (χ4v) is 2.37. The summed E-state index contributed by atoms with van der Waals surface area (Å²) < 4.78 is 4.75. The smallest absolute Gasteiger partial charge is 0.354 e. The molecule has 0 bridgehead atoms. The van der Waals surface area contributed by atoms with Crippen molar-refractivity contribution in [3.05, 3.63) is 23.9 Å². The van der Waals surface area contributed by atoms with Gasteiger partial charge in [0.1, 0.15) is 5.70 Å². The van der Waals surface area contributed by atoms with Gasteiger partial charge in [0.15, 0.2) is 5.78 Å². The van der Waals surface area contributed by atoms with Gasteiger partial charge in [0, 0.05) is 12.5 Å². The van der Waals surface area contributed by atoms with Gasteiger partial charge < -0.3 is 14.7 Å². The zero-order valence-electron chi connectivity index (χ0n) is 11.8. The number of esters is 1. The normalized spacial score (nSPS) is 23.1. The summed E-state index contributed by atoms with van der Waals surface area (Å²) in [5, 5.41) is 9.68. The van der Waals surface area contributed by atoms with E-state index in [1.165, 1.54) is 13.2 Å². The van der Waals surface area contributed by atoms with E-state index in [9.17, 15) is 14.7 Å². The maximum absolute atomic E-state index is 11.9. The average molecular weight is 267 g/mol. The Bertz CT molecular complexity index is 421. The summed E-state index contributed by atoms with van der Waals surface area (Å²) in [5.41, 5.74) is 1.16. The molecule has 1 aliphatic heterocycles. The van der Waals surface area contributed by atoms with Crippen LogP contribution in [0.3, 0.4) is 0 Å². The second-order valence-corrected chi connectivity index (χ2v) is 4.95. The van der Waals surface area contributed by atoms with Crippen molar-refractivity contribution in [2.75, 3.05) is 13.7 Å². The molecule has 1 fully saturated rings. The third kappa shape index (κ3) is 2.87. The zero-order valence-corrected chi connectivity index (χ0v) is 11.8. The van der Waals surface area contributed by atoms with Gasteiger partial charge in [0.25, 0.3) is 0 Å². The number of nitrogens with zero attached hydrogens (tertiary/aromatic N) is 1. The summed E-state index contributed by atoms with van der Waals surface area (Å²) in [6.45, 7) is 9.15. The zero-order chi connectivity index (χ0) is 14.7. The van der Waals surface area contributed by atoms with E-state index >= 15 is 0 Å². The predicted molar refractivity (Wildman–Crippen MR) is 71.3 cm³/mol. The Hall–Kier alpha value is -1.62. The number of aliphatic hydroxyl groups is 1. The Morgan fingerprint density at radius 2 is 2.05 bits per heavy atom. The van der Waals surface area contributed by atoms with Crippen molar-refractivity contribution in [3.63, 3.8) is 0 Å². The molecule has 1 rings (SSSR count). The lowest BCUT2D eigenvalue weighted by atomic mass is 9.81. The number of methoxy groups -OCH3 is 1. The molecule has 2 unspecified atom stereocenters. The molecule has 106 valence electrons. The molecule has 1 aliphatic rings. The minimum atomic E-state index is -0.610. The average Bonchev–Trinajstić information content (AvgIpc) is 2.31. The number of hydrogen-bond donors (Lipinski definition) is 1. The van der Waals surface area contributed by atoms with Crippen LogP contribution in [0.15, 0.2) is 23.9 Å². The first-order valence-corrected chi connectivity index (χ1v) is 6.21.